The molecule has 6 heteroatoms. The Morgan fingerprint density at radius 2 is 2.10 bits per heavy atom. The highest BCUT2D eigenvalue weighted by Gasteiger charge is 2.34. The van der Waals surface area contributed by atoms with Crippen molar-refractivity contribution in [2.75, 3.05) is 7.11 Å². The average Bonchev–Trinajstić information content (AvgIpc) is 2.66. The van der Waals surface area contributed by atoms with Crippen molar-refractivity contribution >= 4 is 40.8 Å². The molecular weight excluding hydrogens is 300 g/mol. The Morgan fingerprint density at radius 3 is 2.65 bits per heavy atom. The van der Waals surface area contributed by atoms with E-state index in [0.29, 0.717) is 10.4 Å². The van der Waals surface area contributed by atoms with Gasteiger partial charge in [0.2, 0.25) is 0 Å². The Balaban J connectivity index is 2.47. The normalized spacial score (nSPS) is 18.0. The smallest absolute Gasteiger partial charge is 0.350 e. The Kier molecular flexibility index (Phi) is 4.32. The van der Waals surface area contributed by atoms with Crippen molar-refractivity contribution in [3.63, 3.8) is 0 Å². The van der Waals surface area contributed by atoms with Crippen molar-refractivity contribution in [3.8, 4) is 0 Å². The molecule has 0 aliphatic heterocycles. The molecule has 0 N–H and O–H groups in total. The first kappa shape index (κ1) is 15.2. The molecule has 0 saturated carbocycles. The lowest BCUT2D eigenvalue weighted by Crippen LogP contribution is -2.27. The molecule has 0 fully saturated rings. The summed E-state index contributed by atoms with van der Waals surface area (Å²) in [6, 6.07) is 0. The van der Waals surface area contributed by atoms with Crippen LogP contribution in [0.1, 0.15) is 45.7 Å². The van der Waals surface area contributed by atoms with E-state index < -0.39 is 12.1 Å². The molecule has 0 amide bonds. The van der Waals surface area contributed by atoms with Crippen LogP contribution in [-0.2, 0) is 9.47 Å². The summed E-state index contributed by atoms with van der Waals surface area (Å²) in [5.41, 5.74) is 1.15. The van der Waals surface area contributed by atoms with Crippen LogP contribution >= 0.6 is 22.9 Å². The first-order valence-electron chi connectivity index (χ1n) is 6.15. The number of Topliss-reactive ketones (excluding diaryl/α,β-unsaturated/α-hetero) is 1. The number of esters is 1. The average molecular weight is 315 g/mol. The van der Waals surface area contributed by atoms with Gasteiger partial charge in [-0.15, -0.1) is 11.3 Å². The molecular formula is C14H15ClO4S. The van der Waals surface area contributed by atoms with Crippen LogP contribution in [-0.4, -0.2) is 31.1 Å². The Hall–Kier alpha value is -1.17. The van der Waals surface area contributed by atoms with Crippen LogP contribution < -0.4 is 0 Å². The molecule has 1 heterocycles. The minimum Gasteiger partial charge on any atom is -0.459 e. The van der Waals surface area contributed by atoms with Gasteiger partial charge >= 0.3 is 5.97 Å². The highest BCUT2D eigenvalue weighted by atomic mass is 35.5. The van der Waals surface area contributed by atoms with E-state index in [1.165, 1.54) is 18.4 Å². The lowest BCUT2D eigenvalue weighted by atomic mass is 9.94. The van der Waals surface area contributed by atoms with Crippen molar-refractivity contribution in [1.29, 1.82) is 0 Å². The second-order valence-electron chi connectivity index (χ2n) is 4.81. The summed E-state index contributed by atoms with van der Waals surface area (Å²) in [6.45, 7) is 5.33. The SMILES string of the molecule is COC1C(=O)c2c(sc(C(=O)OC(C)C)c2Cl)C=C1C. The molecule has 108 valence electrons. The van der Waals surface area contributed by atoms with Crippen LogP contribution in [0.3, 0.4) is 0 Å². The number of hydrogen-bond acceptors (Lipinski definition) is 5. The molecule has 1 unspecified atom stereocenters. The summed E-state index contributed by atoms with van der Waals surface area (Å²) in [4.78, 5) is 25.3. The molecule has 20 heavy (non-hydrogen) atoms. The number of rotatable bonds is 3. The van der Waals surface area contributed by atoms with E-state index in [9.17, 15) is 9.59 Å². The van der Waals surface area contributed by atoms with E-state index in [1.54, 1.807) is 13.8 Å². The fourth-order valence-electron chi connectivity index (χ4n) is 2.07. The van der Waals surface area contributed by atoms with Crippen LogP contribution in [0.4, 0.5) is 0 Å². The van der Waals surface area contributed by atoms with Crippen molar-refractivity contribution in [3.05, 3.63) is 25.9 Å². The molecule has 2 rings (SSSR count). The van der Waals surface area contributed by atoms with Gasteiger partial charge in [-0.3, -0.25) is 4.79 Å². The van der Waals surface area contributed by atoms with E-state index >= 15 is 0 Å². The Bertz CT molecular complexity index is 601. The molecule has 0 saturated heterocycles. The second kappa shape index (κ2) is 5.68. The van der Waals surface area contributed by atoms with Gasteiger partial charge in [0.1, 0.15) is 11.0 Å². The van der Waals surface area contributed by atoms with Gasteiger partial charge in [-0.05, 0) is 32.4 Å². The molecule has 4 nitrogen and oxygen atoms in total. The minimum atomic E-state index is -0.636. The maximum absolute atomic E-state index is 12.3. The van der Waals surface area contributed by atoms with Gasteiger partial charge in [0.25, 0.3) is 0 Å². The molecule has 0 bridgehead atoms. The van der Waals surface area contributed by atoms with Gasteiger partial charge in [0.05, 0.1) is 16.7 Å². The first-order valence-corrected chi connectivity index (χ1v) is 7.34. The van der Waals surface area contributed by atoms with Crippen LogP contribution in [0, 0.1) is 0 Å². The van der Waals surface area contributed by atoms with Crippen LogP contribution in [0.15, 0.2) is 5.57 Å². The number of ether oxygens (including phenoxy) is 2. The number of fused-ring (bicyclic) bond motifs is 1. The van der Waals surface area contributed by atoms with Crippen molar-refractivity contribution < 1.29 is 19.1 Å². The van der Waals surface area contributed by atoms with Crippen molar-refractivity contribution in [1.82, 2.24) is 0 Å². The van der Waals surface area contributed by atoms with Gasteiger partial charge in [-0.2, -0.15) is 0 Å². The highest BCUT2D eigenvalue weighted by molar-refractivity contribution is 7.16. The molecule has 1 aromatic rings. The number of ketones is 1. The number of halogens is 1. The van der Waals surface area contributed by atoms with E-state index in [1.807, 2.05) is 13.0 Å². The quantitative estimate of drug-likeness (QED) is 0.800. The van der Waals surface area contributed by atoms with Crippen LogP contribution in [0.5, 0.6) is 0 Å². The Labute approximate surface area is 126 Å². The van der Waals surface area contributed by atoms with Crippen LogP contribution in [0.25, 0.3) is 6.08 Å². The summed E-state index contributed by atoms with van der Waals surface area (Å²) < 4.78 is 10.3. The predicted octanol–water partition coefficient (Wildman–Crippen LogP) is 3.58. The summed E-state index contributed by atoms with van der Waals surface area (Å²) >= 11 is 7.36. The maximum atomic E-state index is 12.3. The summed E-state index contributed by atoms with van der Waals surface area (Å²) in [6.07, 6.45) is 0.953. The summed E-state index contributed by atoms with van der Waals surface area (Å²) in [5, 5.41) is 0.159. The molecule has 0 aromatic carbocycles. The zero-order chi connectivity index (χ0) is 15.0. The minimum absolute atomic E-state index is 0.159. The van der Waals surface area contributed by atoms with E-state index in [2.05, 4.69) is 0 Å². The maximum Gasteiger partial charge on any atom is 0.350 e. The Morgan fingerprint density at radius 1 is 1.45 bits per heavy atom. The van der Waals surface area contributed by atoms with Gasteiger partial charge in [-0.25, -0.2) is 4.79 Å². The third kappa shape index (κ3) is 2.53. The number of hydrogen-bond donors (Lipinski definition) is 0. The second-order valence-corrected chi connectivity index (χ2v) is 6.24. The molecule has 1 aliphatic carbocycles. The van der Waals surface area contributed by atoms with E-state index in [-0.39, 0.29) is 21.8 Å². The highest BCUT2D eigenvalue weighted by Crippen LogP contribution is 2.39. The number of methoxy groups -OCH3 is 1. The van der Waals surface area contributed by atoms with E-state index in [4.69, 9.17) is 21.1 Å². The fourth-order valence-corrected chi connectivity index (χ4v) is 3.61. The zero-order valence-corrected chi connectivity index (χ0v) is 13.2. The summed E-state index contributed by atoms with van der Waals surface area (Å²) in [5.74, 6) is -0.718. The van der Waals surface area contributed by atoms with Crippen molar-refractivity contribution in [2.45, 2.75) is 33.0 Å². The van der Waals surface area contributed by atoms with Gasteiger partial charge in [-0.1, -0.05) is 11.6 Å². The third-order valence-electron chi connectivity index (χ3n) is 2.90. The number of carbonyl (C=O) groups excluding carboxylic acids is 2. The van der Waals surface area contributed by atoms with E-state index in [0.717, 1.165) is 5.57 Å². The molecule has 1 aliphatic rings. The predicted molar refractivity (Wildman–Crippen MR) is 78.7 cm³/mol. The lowest BCUT2D eigenvalue weighted by Gasteiger charge is -2.19. The molecule has 0 spiro atoms. The lowest BCUT2D eigenvalue weighted by molar-refractivity contribution is 0.0384. The zero-order valence-electron chi connectivity index (χ0n) is 11.7. The monoisotopic (exact) mass is 314 g/mol. The standard InChI is InChI=1S/C14H15ClO4S/c1-6(2)19-14(17)13-10(15)9-8(20-13)5-7(3)12(18-4)11(9)16/h5-6,12H,1-4H3. The van der Waals surface area contributed by atoms with Gasteiger partial charge in [0.15, 0.2) is 5.78 Å². The first-order chi connectivity index (χ1) is 9.36. The molecule has 1 aromatic heterocycles. The number of thiophene rings is 1. The fraction of sp³-hybridized carbons (Fsp3) is 0.429. The summed E-state index contributed by atoms with van der Waals surface area (Å²) in [7, 11) is 1.47. The largest absolute Gasteiger partial charge is 0.459 e. The van der Waals surface area contributed by atoms with Crippen LogP contribution in [0.2, 0.25) is 5.02 Å². The molecule has 1 atom stereocenters. The van der Waals surface area contributed by atoms with Crippen molar-refractivity contribution in [2.24, 2.45) is 0 Å². The third-order valence-corrected chi connectivity index (χ3v) is 4.50. The number of carbonyl (C=O) groups is 2. The van der Waals surface area contributed by atoms with Gasteiger partial charge < -0.3 is 9.47 Å². The van der Waals surface area contributed by atoms with Gasteiger partial charge in [0, 0.05) is 12.0 Å². The molecule has 0 radical (unpaired) electrons. The topological polar surface area (TPSA) is 52.6 Å².